The SMILES string of the molecule is CCCc1cc(C(=O)NN=C(C)c2ccc(NC(=O)C(C)(C)C)cc2)cs1. The minimum atomic E-state index is -0.445. The Kier molecular flexibility index (Phi) is 6.91. The molecule has 0 saturated carbocycles. The first-order valence-electron chi connectivity index (χ1n) is 9.04. The standard InChI is InChI=1S/C21H27N3O2S/c1-6-7-18-12-16(13-27-18)19(25)24-23-14(2)15-8-10-17(11-9-15)22-20(26)21(3,4)5/h8-13H,6-7H2,1-5H3,(H,22,26)(H,24,25). The Morgan fingerprint density at radius 3 is 2.37 bits per heavy atom. The van der Waals surface area contributed by atoms with Crippen LogP contribution in [0.15, 0.2) is 40.8 Å². The molecule has 2 N–H and O–H groups in total. The molecule has 2 amide bonds. The number of benzene rings is 1. The number of rotatable bonds is 6. The Balaban J connectivity index is 1.98. The summed E-state index contributed by atoms with van der Waals surface area (Å²) in [7, 11) is 0. The summed E-state index contributed by atoms with van der Waals surface area (Å²) in [6.07, 6.45) is 2.05. The van der Waals surface area contributed by atoms with Crippen LogP contribution in [0, 0.1) is 5.41 Å². The maximum absolute atomic E-state index is 12.2. The fourth-order valence-corrected chi connectivity index (χ4v) is 3.22. The van der Waals surface area contributed by atoms with E-state index in [0.29, 0.717) is 11.3 Å². The number of nitrogens with zero attached hydrogens (tertiary/aromatic N) is 1. The Labute approximate surface area is 164 Å². The first kappa shape index (κ1) is 20.8. The molecule has 144 valence electrons. The summed E-state index contributed by atoms with van der Waals surface area (Å²) in [4.78, 5) is 25.4. The molecule has 0 spiro atoms. The lowest BCUT2D eigenvalue weighted by Gasteiger charge is -2.17. The molecule has 0 bridgehead atoms. The van der Waals surface area contributed by atoms with Crippen LogP contribution in [0.2, 0.25) is 0 Å². The number of hydrogen-bond donors (Lipinski definition) is 2. The second-order valence-corrected chi connectivity index (χ2v) is 8.47. The van der Waals surface area contributed by atoms with Crippen molar-refractivity contribution in [2.24, 2.45) is 10.5 Å². The molecule has 0 fully saturated rings. The van der Waals surface area contributed by atoms with Gasteiger partial charge < -0.3 is 5.32 Å². The van der Waals surface area contributed by atoms with Crippen molar-refractivity contribution >= 4 is 34.6 Å². The van der Waals surface area contributed by atoms with Gasteiger partial charge in [-0.15, -0.1) is 11.3 Å². The minimum Gasteiger partial charge on any atom is -0.326 e. The van der Waals surface area contributed by atoms with Crippen LogP contribution in [-0.4, -0.2) is 17.5 Å². The molecule has 0 aliphatic rings. The van der Waals surface area contributed by atoms with E-state index < -0.39 is 5.41 Å². The van der Waals surface area contributed by atoms with Crippen molar-refractivity contribution in [1.29, 1.82) is 0 Å². The van der Waals surface area contributed by atoms with Gasteiger partial charge >= 0.3 is 0 Å². The molecule has 0 atom stereocenters. The second-order valence-electron chi connectivity index (χ2n) is 7.47. The van der Waals surface area contributed by atoms with E-state index in [4.69, 9.17) is 0 Å². The lowest BCUT2D eigenvalue weighted by Crippen LogP contribution is -2.27. The number of amides is 2. The fraction of sp³-hybridized carbons (Fsp3) is 0.381. The zero-order chi connectivity index (χ0) is 20.0. The fourth-order valence-electron chi connectivity index (χ4n) is 2.25. The van der Waals surface area contributed by atoms with Crippen LogP contribution >= 0.6 is 11.3 Å². The van der Waals surface area contributed by atoms with Gasteiger partial charge in [0, 0.05) is 21.4 Å². The summed E-state index contributed by atoms with van der Waals surface area (Å²) in [5.74, 6) is -0.242. The van der Waals surface area contributed by atoms with Gasteiger partial charge in [0.2, 0.25) is 5.91 Å². The Morgan fingerprint density at radius 1 is 1.11 bits per heavy atom. The van der Waals surface area contributed by atoms with Gasteiger partial charge in [-0.1, -0.05) is 46.2 Å². The van der Waals surface area contributed by atoms with Crippen molar-refractivity contribution in [2.75, 3.05) is 5.32 Å². The predicted molar refractivity (Wildman–Crippen MR) is 113 cm³/mol. The molecule has 0 aliphatic heterocycles. The summed E-state index contributed by atoms with van der Waals surface area (Å²) in [6, 6.07) is 9.31. The third kappa shape index (κ3) is 6.03. The lowest BCUT2D eigenvalue weighted by atomic mass is 9.95. The number of aryl methyl sites for hydroxylation is 1. The van der Waals surface area contributed by atoms with E-state index in [1.54, 1.807) is 11.3 Å². The summed E-state index contributed by atoms with van der Waals surface area (Å²) in [5.41, 5.74) is 5.10. The molecule has 2 aromatic rings. The van der Waals surface area contributed by atoms with Crippen molar-refractivity contribution in [3.05, 3.63) is 51.7 Å². The number of thiophene rings is 1. The Hall–Kier alpha value is -2.47. The van der Waals surface area contributed by atoms with Crippen LogP contribution in [0.4, 0.5) is 5.69 Å². The Bertz CT molecular complexity index is 830. The molecule has 1 heterocycles. The molecule has 2 rings (SSSR count). The van der Waals surface area contributed by atoms with Crippen LogP contribution in [0.3, 0.4) is 0 Å². The van der Waals surface area contributed by atoms with E-state index in [9.17, 15) is 9.59 Å². The second kappa shape index (κ2) is 8.95. The van der Waals surface area contributed by atoms with Crippen LogP contribution < -0.4 is 10.7 Å². The van der Waals surface area contributed by atoms with Gasteiger partial charge in [-0.25, -0.2) is 5.43 Å². The smallest absolute Gasteiger partial charge is 0.272 e. The van der Waals surface area contributed by atoms with Gasteiger partial charge in [-0.2, -0.15) is 5.10 Å². The van der Waals surface area contributed by atoms with E-state index in [2.05, 4.69) is 22.8 Å². The molecule has 1 aromatic carbocycles. The van der Waals surface area contributed by atoms with Gasteiger partial charge in [0.05, 0.1) is 11.3 Å². The molecule has 5 nitrogen and oxygen atoms in total. The van der Waals surface area contributed by atoms with E-state index in [1.165, 1.54) is 4.88 Å². The van der Waals surface area contributed by atoms with Crippen LogP contribution in [0.1, 0.15) is 61.8 Å². The molecule has 0 unspecified atom stereocenters. The molecule has 6 heteroatoms. The average molecular weight is 386 g/mol. The maximum atomic E-state index is 12.2. The topological polar surface area (TPSA) is 70.6 Å². The molecule has 0 radical (unpaired) electrons. The van der Waals surface area contributed by atoms with Crippen LogP contribution in [0.25, 0.3) is 0 Å². The highest BCUT2D eigenvalue weighted by molar-refractivity contribution is 7.10. The number of carbonyl (C=O) groups excluding carboxylic acids is 2. The Morgan fingerprint density at radius 2 is 1.78 bits per heavy atom. The summed E-state index contributed by atoms with van der Waals surface area (Å²) in [6.45, 7) is 9.56. The molecular formula is C21H27N3O2S. The van der Waals surface area contributed by atoms with Crippen molar-refractivity contribution in [2.45, 2.75) is 47.5 Å². The quantitative estimate of drug-likeness (QED) is 0.552. The zero-order valence-electron chi connectivity index (χ0n) is 16.6. The number of hydrogen-bond acceptors (Lipinski definition) is 4. The average Bonchev–Trinajstić information content (AvgIpc) is 3.08. The predicted octanol–water partition coefficient (Wildman–Crippen LogP) is 4.84. The van der Waals surface area contributed by atoms with Gasteiger partial charge in [0.1, 0.15) is 0 Å². The van der Waals surface area contributed by atoms with Crippen LogP contribution in [0.5, 0.6) is 0 Å². The molecule has 0 aliphatic carbocycles. The first-order chi connectivity index (χ1) is 12.7. The monoisotopic (exact) mass is 385 g/mol. The first-order valence-corrected chi connectivity index (χ1v) is 9.92. The van der Waals surface area contributed by atoms with Crippen molar-refractivity contribution in [3.63, 3.8) is 0 Å². The van der Waals surface area contributed by atoms with Crippen molar-refractivity contribution in [1.82, 2.24) is 5.43 Å². The number of carbonyl (C=O) groups is 2. The van der Waals surface area contributed by atoms with E-state index in [0.717, 1.165) is 24.1 Å². The number of hydrazone groups is 1. The van der Waals surface area contributed by atoms with Gasteiger partial charge in [0.15, 0.2) is 0 Å². The van der Waals surface area contributed by atoms with Gasteiger partial charge in [-0.05, 0) is 37.1 Å². The third-order valence-electron chi connectivity index (χ3n) is 3.98. The summed E-state index contributed by atoms with van der Waals surface area (Å²) in [5, 5.41) is 8.93. The number of nitrogens with one attached hydrogen (secondary N) is 2. The van der Waals surface area contributed by atoms with Crippen LogP contribution in [-0.2, 0) is 11.2 Å². The minimum absolute atomic E-state index is 0.0360. The van der Waals surface area contributed by atoms with E-state index in [-0.39, 0.29) is 11.8 Å². The number of anilines is 1. The molecule has 0 saturated heterocycles. The van der Waals surface area contributed by atoms with Crippen molar-refractivity contribution < 1.29 is 9.59 Å². The van der Waals surface area contributed by atoms with Crippen molar-refractivity contribution in [3.8, 4) is 0 Å². The van der Waals surface area contributed by atoms with E-state index >= 15 is 0 Å². The normalized spacial score (nSPS) is 12.0. The summed E-state index contributed by atoms with van der Waals surface area (Å²) < 4.78 is 0. The largest absolute Gasteiger partial charge is 0.326 e. The molecular weight excluding hydrogens is 358 g/mol. The highest BCUT2D eigenvalue weighted by Crippen LogP contribution is 2.18. The van der Waals surface area contributed by atoms with E-state index in [1.807, 2.05) is 63.4 Å². The lowest BCUT2D eigenvalue weighted by molar-refractivity contribution is -0.123. The summed E-state index contributed by atoms with van der Waals surface area (Å²) >= 11 is 1.60. The van der Waals surface area contributed by atoms with Gasteiger partial charge in [0.25, 0.3) is 5.91 Å². The highest BCUT2D eigenvalue weighted by atomic mass is 32.1. The highest BCUT2D eigenvalue weighted by Gasteiger charge is 2.21. The zero-order valence-corrected chi connectivity index (χ0v) is 17.4. The molecule has 27 heavy (non-hydrogen) atoms. The van der Waals surface area contributed by atoms with Gasteiger partial charge in [-0.3, -0.25) is 9.59 Å². The third-order valence-corrected chi connectivity index (χ3v) is 4.98. The maximum Gasteiger partial charge on any atom is 0.272 e. The molecule has 1 aromatic heterocycles.